The van der Waals surface area contributed by atoms with Gasteiger partial charge in [0, 0.05) is 18.8 Å². The molecule has 3 N–H and O–H groups in total. The van der Waals surface area contributed by atoms with Gasteiger partial charge >= 0.3 is 0 Å². The van der Waals surface area contributed by atoms with E-state index >= 15 is 0 Å². The topological polar surface area (TPSA) is 75.4 Å². The fraction of sp³-hybridized carbons (Fsp3) is 0.467. The second-order valence-electron chi connectivity index (χ2n) is 5.32. The number of rotatable bonds is 3. The first-order chi connectivity index (χ1) is 9.99. The molecule has 5 nitrogen and oxygen atoms in total. The van der Waals surface area contributed by atoms with Crippen molar-refractivity contribution in [3.05, 3.63) is 28.8 Å². The van der Waals surface area contributed by atoms with Crippen molar-refractivity contribution in [2.24, 2.45) is 0 Å². The average Bonchev–Trinajstić information content (AvgIpc) is 2.47. The van der Waals surface area contributed by atoms with E-state index in [0.29, 0.717) is 11.3 Å². The molecule has 0 radical (unpaired) electrons. The molecule has 21 heavy (non-hydrogen) atoms. The molecule has 1 aromatic carbocycles. The molecular formula is C15H20ClN3O2. The number of benzene rings is 1. The fourth-order valence-electron chi connectivity index (χ4n) is 2.44. The number of likely N-dealkylation sites (tertiary alicyclic amines) is 1. The van der Waals surface area contributed by atoms with E-state index < -0.39 is 6.04 Å². The van der Waals surface area contributed by atoms with Crippen LogP contribution in [0.1, 0.15) is 36.5 Å². The molecule has 0 aliphatic carbocycles. The molecule has 1 fully saturated rings. The summed E-state index contributed by atoms with van der Waals surface area (Å²) in [4.78, 5) is 26.2. The van der Waals surface area contributed by atoms with Crippen molar-refractivity contribution in [3.8, 4) is 0 Å². The van der Waals surface area contributed by atoms with Gasteiger partial charge in [0.1, 0.15) is 6.04 Å². The molecule has 1 unspecified atom stereocenters. The number of amides is 2. The Morgan fingerprint density at radius 3 is 2.57 bits per heavy atom. The predicted molar refractivity (Wildman–Crippen MR) is 83.2 cm³/mol. The third-order valence-electron chi connectivity index (χ3n) is 3.62. The van der Waals surface area contributed by atoms with Crippen LogP contribution in [-0.2, 0) is 4.79 Å². The summed E-state index contributed by atoms with van der Waals surface area (Å²) in [7, 11) is 0. The highest BCUT2D eigenvalue weighted by molar-refractivity contribution is 6.34. The summed E-state index contributed by atoms with van der Waals surface area (Å²) in [6.45, 7) is 3.23. The Hall–Kier alpha value is -1.75. The number of nitrogen functional groups attached to an aromatic ring is 1. The van der Waals surface area contributed by atoms with Gasteiger partial charge in [0.15, 0.2) is 0 Å². The summed E-state index contributed by atoms with van der Waals surface area (Å²) in [5, 5.41) is 2.98. The minimum absolute atomic E-state index is 0.0467. The zero-order chi connectivity index (χ0) is 15.4. The zero-order valence-electron chi connectivity index (χ0n) is 12.1. The number of hydrogen-bond acceptors (Lipinski definition) is 3. The lowest BCUT2D eigenvalue weighted by molar-refractivity contribution is -0.133. The second kappa shape index (κ2) is 6.80. The first kappa shape index (κ1) is 15.6. The normalized spacial score (nSPS) is 16.4. The van der Waals surface area contributed by atoms with E-state index in [0.717, 1.165) is 32.4 Å². The number of anilines is 1. The van der Waals surface area contributed by atoms with E-state index in [1.807, 2.05) is 0 Å². The van der Waals surface area contributed by atoms with Crippen molar-refractivity contribution in [2.45, 2.75) is 32.2 Å². The van der Waals surface area contributed by atoms with E-state index in [4.69, 9.17) is 17.3 Å². The molecule has 2 amide bonds. The van der Waals surface area contributed by atoms with Gasteiger partial charge in [0.25, 0.3) is 5.91 Å². The van der Waals surface area contributed by atoms with Gasteiger partial charge in [-0.1, -0.05) is 11.6 Å². The quantitative estimate of drug-likeness (QED) is 0.839. The first-order valence-corrected chi connectivity index (χ1v) is 7.51. The number of nitrogens with two attached hydrogens (primary N) is 1. The molecule has 1 aliphatic heterocycles. The van der Waals surface area contributed by atoms with E-state index in [-0.39, 0.29) is 16.8 Å². The van der Waals surface area contributed by atoms with Crippen LogP contribution in [0.5, 0.6) is 0 Å². The molecule has 0 spiro atoms. The summed E-state index contributed by atoms with van der Waals surface area (Å²) in [6, 6.07) is 4.13. The van der Waals surface area contributed by atoms with Crippen molar-refractivity contribution >= 4 is 29.1 Å². The number of halogens is 1. The Kier molecular flexibility index (Phi) is 5.07. The van der Waals surface area contributed by atoms with E-state index in [2.05, 4.69) is 5.32 Å². The van der Waals surface area contributed by atoms with Gasteiger partial charge < -0.3 is 16.0 Å². The molecule has 1 atom stereocenters. The van der Waals surface area contributed by atoms with Gasteiger partial charge in [-0.3, -0.25) is 9.59 Å². The number of hydrogen-bond donors (Lipinski definition) is 2. The fourth-order valence-corrected chi connectivity index (χ4v) is 2.71. The number of nitrogens with one attached hydrogen (secondary N) is 1. The second-order valence-corrected chi connectivity index (χ2v) is 5.73. The molecular weight excluding hydrogens is 290 g/mol. The van der Waals surface area contributed by atoms with E-state index in [1.54, 1.807) is 24.0 Å². The first-order valence-electron chi connectivity index (χ1n) is 7.13. The van der Waals surface area contributed by atoms with Crippen LogP contribution in [-0.4, -0.2) is 35.8 Å². The Morgan fingerprint density at radius 2 is 1.95 bits per heavy atom. The van der Waals surface area contributed by atoms with Gasteiger partial charge in [-0.25, -0.2) is 0 Å². The van der Waals surface area contributed by atoms with E-state index in [1.165, 1.54) is 6.07 Å². The maximum atomic E-state index is 12.3. The standard InChI is InChI=1S/C15H20ClN3O2/c1-10(15(21)19-7-3-2-4-8-19)18-14(20)12-6-5-11(17)9-13(12)16/h5-6,9-10H,2-4,7-8,17H2,1H3,(H,18,20). The van der Waals surface area contributed by atoms with Crippen LogP contribution in [0.3, 0.4) is 0 Å². The van der Waals surface area contributed by atoms with Crippen LogP contribution in [0.25, 0.3) is 0 Å². The van der Waals surface area contributed by atoms with Gasteiger partial charge in [-0.2, -0.15) is 0 Å². The maximum absolute atomic E-state index is 12.3. The third-order valence-corrected chi connectivity index (χ3v) is 3.94. The molecule has 0 aromatic heterocycles. The highest BCUT2D eigenvalue weighted by Gasteiger charge is 2.24. The summed E-state index contributed by atoms with van der Waals surface area (Å²) in [6.07, 6.45) is 3.21. The monoisotopic (exact) mass is 309 g/mol. The van der Waals surface area contributed by atoms with Crippen LogP contribution in [0.4, 0.5) is 5.69 Å². The molecule has 1 aromatic rings. The van der Waals surface area contributed by atoms with Crippen LogP contribution in [0.15, 0.2) is 18.2 Å². The molecule has 114 valence electrons. The molecule has 6 heteroatoms. The van der Waals surface area contributed by atoms with Gasteiger partial charge in [-0.05, 0) is 44.4 Å². The number of nitrogens with zero attached hydrogens (tertiary/aromatic N) is 1. The largest absolute Gasteiger partial charge is 0.399 e. The van der Waals surface area contributed by atoms with Crippen molar-refractivity contribution in [2.75, 3.05) is 18.8 Å². The zero-order valence-corrected chi connectivity index (χ0v) is 12.8. The summed E-state index contributed by atoms with van der Waals surface area (Å²) >= 11 is 6.00. The molecule has 1 saturated heterocycles. The molecule has 1 aliphatic rings. The summed E-state index contributed by atoms with van der Waals surface area (Å²) in [5.74, 6) is -0.410. The summed E-state index contributed by atoms with van der Waals surface area (Å²) < 4.78 is 0. The number of carbonyl (C=O) groups is 2. The molecule has 0 bridgehead atoms. The maximum Gasteiger partial charge on any atom is 0.253 e. The minimum Gasteiger partial charge on any atom is -0.399 e. The smallest absolute Gasteiger partial charge is 0.253 e. The van der Waals surface area contributed by atoms with Gasteiger partial charge in [0.05, 0.1) is 10.6 Å². The van der Waals surface area contributed by atoms with E-state index in [9.17, 15) is 9.59 Å². The SMILES string of the molecule is CC(NC(=O)c1ccc(N)cc1Cl)C(=O)N1CCCCC1. The lowest BCUT2D eigenvalue weighted by Crippen LogP contribution is -2.48. The van der Waals surface area contributed by atoms with Crippen molar-refractivity contribution in [3.63, 3.8) is 0 Å². The highest BCUT2D eigenvalue weighted by atomic mass is 35.5. The highest BCUT2D eigenvalue weighted by Crippen LogP contribution is 2.19. The number of piperidine rings is 1. The van der Waals surface area contributed by atoms with Gasteiger partial charge in [0.2, 0.25) is 5.91 Å². The number of carbonyl (C=O) groups excluding carboxylic acids is 2. The van der Waals surface area contributed by atoms with Crippen LogP contribution < -0.4 is 11.1 Å². The molecule has 1 heterocycles. The van der Waals surface area contributed by atoms with Crippen LogP contribution in [0.2, 0.25) is 5.02 Å². The molecule has 0 saturated carbocycles. The minimum atomic E-state index is -0.566. The van der Waals surface area contributed by atoms with Crippen molar-refractivity contribution in [1.29, 1.82) is 0 Å². The summed E-state index contributed by atoms with van der Waals surface area (Å²) in [5.41, 5.74) is 6.42. The predicted octanol–water partition coefficient (Wildman–Crippen LogP) is 2.05. The van der Waals surface area contributed by atoms with Crippen molar-refractivity contribution < 1.29 is 9.59 Å². The Balaban J connectivity index is 1.99. The van der Waals surface area contributed by atoms with Crippen LogP contribution in [0, 0.1) is 0 Å². The van der Waals surface area contributed by atoms with Crippen molar-refractivity contribution in [1.82, 2.24) is 10.2 Å². The average molecular weight is 310 g/mol. The lowest BCUT2D eigenvalue weighted by Gasteiger charge is -2.29. The van der Waals surface area contributed by atoms with Crippen LogP contribution >= 0.6 is 11.6 Å². The third kappa shape index (κ3) is 3.88. The van der Waals surface area contributed by atoms with Gasteiger partial charge in [-0.15, -0.1) is 0 Å². The Labute approximate surface area is 129 Å². The Bertz CT molecular complexity index is 542. The Morgan fingerprint density at radius 1 is 1.29 bits per heavy atom. The lowest BCUT2D eigenvalue weighted by atomic mass is 10.1. The molecule has 2 rings (SSSR count).